The molecule has 0 radical (unpaired) electrons. The number of carbonyl (C=O) groups is 1. The highest BCUT2D eigenvalue weighted by Crippen LogP contribution is 2.36. The predicted molar refractivity (Wildman–Crippen MR) is 102 cm³/mol. The van der Waals surface area contributed by atoms with Crippen molar-refractivity contribution >= 4 is 23.2 Å². The SMILES string of the molecule is Cc1cc(Cl)ccc1OCC(=O)Nc1cccc(-c2nnnn2C2CC2)c1. The van der Waals surface area contributed by atoms with Gasteiger partial charge in [0.15, 0.2) is 12.4 Å². The second-order valence-electron chi connectivity index (χ2n) is 6.51. The minimum absolute atomic E-state index is 0.0908. The molecule has 138 valence electrons. The van der Waals surface area contributed by atoms with Crippen LogP contribution >= 0.6 is 11.6 Å². The number of aromatic nitrogens is 4. The lowest BCUT2D eigenvalue weighted by Gasteiger charge is -2.10. The Labute approximate surface area is 161 Å². The zero-order chi connectivity index (χ0) is 18.8. The molecule has 1 aliphatic carbocycles. The molecule has 3 aromatic rings. The van der Waals surface area contributed by atoms with Gasteiger partial charge in [-0.3, -0.25) is 4.79 Å². The van der Waals surface area contributed by atoms with Gasteiger partial charge in [-0.15, -0.1) is 5.10 Å². The van der Waals surface area contributed by atoms with Gasteiger partial charge in [-0.1, -0.05) is 23.7 Å². The molecule has 0 spiro atoms. The van der Waals surface area contributed by atoms with Crippen LogP contribution in [-0.4, -0.2) is 32.7 Å². The van der Waals surface area contributed by atoms with E-state index < -0.39 is 0 Å². The van der Waals surface area contributed by atoms with Crippen molar-refractivity contribution in [2.45, 2.75) is 25.8 Å². The number of amides is 1. The van der Waals surface area contributed by atoms with Gasteiger partial charge in [-0.2, -0.15) is 0 Å². The van der Waals surface area contributed by atoms with E-state index in [1.165, 1.54) is 0 Å². The average Bonchev–Trinajstić information content (AvgIpc) is 3.37. The molecule has 1 aromatic heterocycles. The van der Waals surface area contributed by atoms with Gasteiger partial charge in [0.1, 0.15) is 5.75 Å². The average molecular weight is 384 g/mol. The highest BCUT2D eigenvalue weighted by Gasteiger charge is 2.28. The van der Waals surface area contributed by atoms with Gasteiger partial charge >= 0.3 is 0 Å². The minimum Gasteiger partial charge on any atom is -0.483 e. The Bertz CT molecular complexity index is 984. The Morgan fingerprint density at radius 2 is 2.15 bits per heavy atom. The third kappa shape index (κ3) is 4.09. The van der Waals surface area contributed by atoms with E-state index in [0.717, 1.165) is 24.0 Å². The molecule has 0 unspecified atom stereocenters. The number of benzene rings is 2. The maximum absolute atomic E-state index is 12.2. The third-order valence-corrected chi connectivity index (χ3v) is 4.52. The van der Waals surface area contributed by atoms with E-state index in [9.17, 15) is 4.79 Å². The molecule has 0 aliphatic heterocycles. The number of rotatable bonds is 6. The molecule has 0 saturated heterocycles. The molecule has 2 aromatic carbocycles. The van der Waals surface area contributed by atoms with Crippen LogP contribution in [0.1, 0.15) is 24.4 Å². The normalized spacial score (nSPS) is 13.4. The Balaban J connectivity index is 1.42. The van der Waals surface area contributed by atoms with E-state index >= 15 is 0 Å². The largest absolute Gasteiger partial charge is 0.483 e. The third-order valence-electron chi connectivity index (χ3n) is 4.29. The van der Waals surface area contributed by atoms with Crippen LogP contribution in [-0.2, 0) is 4.79 Å². The summed E-state index contributed by atoms with van der Waals surface area (Å²) in [5.41, 5.74) is 2.41. The number of tetrazole rings is 1. The number of hydrogen-bond donors (Lipinski definition) is 1. The lowest BCUT2D eigenvalue weighted by atomic mass is 10.2. The highest BCUT2D eigenvalue weighted by atomic mass is 35.5. The maximum atomic E-state index is 12.2. The molecular weight excluding hydrogens is 366 g/mol. The quantitative estimate of drug-likeness (QED) is 0.702. The fourth-order valence-corrected chi connectivity index (χ4v) is 3.03. The van der Waals surface area contributed by atoms with Crippen molar-refractivity contribution in [2.24, 2.45) is 0 Å². The van der Waals surface area contributed by atoms with Crippen LogP contribution in [0.5, 0.6) is 5.75 Å². The smallest absolute Gasteiger partial charge is 0.262 e. The fourth-order valence-electron chi connectivity index (χ4n) is 2.80. The first kappa shape index (κ1) is 17.5. The summed E-state index contributed by atoms with van der Waals surface area (Å²) in [5, 5.41) is 15.4. The number of nitrogens with zero attached hydrogens (tertiary/aromatic N) is 4. The van der Waals surface area contributed by atoms with Crippen molar-refractivity contribution in [1.29, 1.82) is 0 Å². The molecule has 1 N–H and O–H groups in total. The summed E-state index contributed by atoms with van der Waals surface area (Å²) in [7, 11) is 0. The van der Waals surface area contributed by atoms with Crippen molar-refractivity contribution in [2.75, 3.05) is 11.9 Å². The van der Waals surface area contributed by atoms with Crippen molar-refractivity contribution in [3.05, 3.63) is 53.1 Å². The first-order valence-electron chi connectivity index (χ1n) is 8.67. The summed E-state index contributed by atoms with van der Waals surface area (Å²) in [4.78, 5) is 12.2. The van der Waals surface area contributed by atoms with Gasteiger partial charge in [-0.05, 0) is 66.1 Å². The lowest BCUT2D eigenvalue weighted by molar-refractivity contribution is -0.118. The zero-order valence-corrected chi connectivity index (χ0v) is 15.5. The number of aryl methyl sites for hydroxylation is 1. The molecule has 1 heterocycles. The Hall–Kier alpha value is -2.93. The molecule has 0 atom stereocenters. The lowest BCUT2D eigenvalue weighted by Crippen LogP contribution is -2.20. The van der Waals surface area contributed by atoms with E-state index in [1.54, 1.807) is 18.2 Å². The zero-order valence-electron chi connectivity index (χ0n) is 14.7. The second kappa shape index (κ2) is 7.36. The Morgan fingerprint density at radius 1 is 1.30 bits per heavy atom. The monoisotopic (exact) mass is 383 g/mol. The minimum atomic E-state index is -0.247. The number of carbonyl (C=O) groups excluding carboxylic acids is 1. The van der Waals surface area contributed by atoms with Crippen LogP contribution in [0, 0.1) is 6.92 Å². The van der Waals surface area contributed by atoms with Gasteiger partial charge < -0.3 is 10.1 Å². The molecule has 4 rings (SSSR count). The summed E-state index contributed by atoms with van der Waals surface area (Å²) in [6, 6.07) is 13.1. The van der Waals surface area contributed by atoms with Crippen LogP contribution in [0.25, 0.3) is 11.4 Å². The summed E-state index contributed by atoms with van der Waals surface area (Å²) in [6.45, 7) is 1.79. The van der Waals surface area contributed by atoms with E-state index in [2.05, 4.69) is 20.8 Å². The molecule has 1 fully saturated rings. The van der Waals surface area contributed by atoms with Crippen LogP contribution < -0.4 is 10.1 Å². The number of anilines is 1. The molecule has 0 bridgehead atoms. The van der Waals surface area contributed by atoms with E-state index in [-0.39, 0.29) is 12.5 Å². The van der Waals surface area contributed by atoms with Crippen LogP contribution in [0.2, 0.25) is 5.02 Å². The Kier molecular flexibility index (Phi) is 4.77. The summed E-state index contributed by atoms with van der Waals surface area (Å²) < 4.78 is 7.42. The van der Waals surface area contributed by atoms with Gasteiger partial charge in [0.05, 0.1) is 6.04 Å². The first-order valence-corrected chi connectivity index (χ1v) is 9.05. The standard InChI is InChI=1S/C19H18ClN5O2/c1-12-9-14(20)5-8-17(12)27-11-18(26)21-15-4-2-3-13(10-15)19-22-23-24-25(19)16-6-7-16/h2-5,8-10,16H,6-7,11H2,1H3,(H,21,26). The van der Waals surface area contributed by atoms with Crippen LogP contribution in [0.4, 0.5) is 5.69 Å². The number of hydrogen-bond acceptors (Lipinski definition) is 5. The second-order valence-corrected chi connectivity index (χ2v) is 6.94. The summed E-state index contributed by atoms with van der Waals surface area (Å²) >= 11 is 5.93. The Morgan fingerprint density at radius 3 is 2.93 bits per heavy atom. The fraction of sp³-hybridized carbons (Fsp3) is 0.263. The van der Waals surface area contributed by atoms with Crippen molar-refractivity contribution < 1.29 is 9.53 Å². The molecule has 1 saturated carbocycles. The predicted octanol–water partition coefficient (Wildman–Crippen LogP) is 3.65. The molecule has 7 nitrogen and oxygen atoms in total. The topological polar surface area (TPSA) is 81.9 Å². The van der Waals surface area contributed by atoms with E-state index in [0.29, 0.717) is 28.3 Å². The van der Waals surface area contributed by atoms with Gasteiger partial charge in [0.2, 0.25) is 0 Å². The van der Waals surface area contributed by atoms with Gasteiger partial charge in [0.25, 0.3) is 5.91 Å². The molecule has 1 amide bonds. The van der Waals surface area contributed by atoms with Gasteiger partial charge in [-0.25, -0.2) is 4.68 Å². The summed E-state index contributed by atoms with van der Waals surface area (Å²) in [5.74, 6) is 1.09. The first-order chi connectivity index (χ1) is 13.1. The van der Waals surface area contributed by atoms with Crippen LogP contribution in [0.3, 0.4) is 0 Å². The van der Waals surface area contributed by atoms with E-state index in [1.807, 2.05) is 35.9 Å². The van der Waals surface area contributed by atoms with Crippen molar-refractivity contribution in [1.82, 2.24) is 20.2 Å². The van der Waals surface area contributed by atoms with Crippen LogP contribution in [0.15, 0.2) is 42.5 Å². The molecule has 8 heteroatoms. The summed E-state index contributed by atoms with van der Waals surface area (Å²) in [6.07, 6.45) is 2.19. The van der Waals surface area contributed by atoms with Crippen molar-refractivity contribution in [3.63, 3.8) is 0 Å². The number of ether oxygens (including phenoxy) is 1. The molecule has 27 heavy (non-hydrogen) atoms. The van der Waals surface area contributed by atoms with E-state index in [4.69, 9.17) is 16.3 Å². The highest BCUT2D eigenvalue weighted by molar-refractivity contribution is 6.30. The maximum Gasteiger partial charge on any atom is 0.262 e. The van der Waals surface area contributed by atoms with Gasteiger partial charge in [0, 0.05) is 16.3 Å². The number of nitrogens with one attached hydrogen (secondary N) is 1. The number of halogens is 1. The van der Waals surface area contributed by atoms with Crippen molar-refractivity contribution in [3.8, 4) is 17.1 Å². The molecular formula is C19H18ClN5O2. The molecule has 1 aliphatic rings.